The minimum atomic E-state index is -0.604. The minimum absolute atomic E-state index is 0.111. The van der Waals surface area contributed by atoms with Gasteiger partial charge in [0.25, 0.3) is 11.6 Å². The fourth-order valence-corrected chi connectivity index (χ4v) is 4.92. The third kappa shape index (κ3) is 5.24. The molecule has 0 aliphatic carbocycles. The number of thiazole rings is 1. The van der Waals surface area contributed by atoms with Crippen LogP contribution in [0.25, 0.3) is 10.2 Å². The molecule has 2 heterocycles. The molecule has 11 nitrogen and oxygen atoms in total. The number of amides is 1. The lowest BCUT2D eigenvalue weighted by Gasteiger charge is -2.28. The van der Waals surface area contributed by atoms with E-state index >= 15 is 0 Å². The Kier molecular flexibility index (Phi) is 7.54. The number of ether oxygens (including phenoxy) is 3. The van der Waals surface area contributed by atoms with E-state index < -0.39 is 16.8 Å². The first kappa shape index (κ1) is 24.5. The lowest BCUT2D eigenvalue weighted by Crippen LogP contribution is -2.36. The van der Waals surface area contributed by atoms with Gasteiger partial charge in [-0.15, -0.1) is 0 Å². The molecule has 1 amide bonds. The highest BCUT2D eigenvalue weighted by Gasteiger charge is 2.23. The Labute approximate surface area is 204 Å². The number of methoxy groups -OCH3 is 2. The normalized spacial score (nSPS) is 14.3. The topological polar surface area (TPSA) is 126 Å². The molecule has 0 N–H and O–H groups in total. The summed E-state index contributed by atoms with van der Waals surface area (Å²) in [5, 5.41) is 11.8. The van der Waals surface area contributed by atoms with Gasteiger partial charge in [0.15, 0.2) is 4.80 Å². The summed E-state index contributed by atoms with van der Waals surface area (Å²) in [5.41, 5.74) is 1.56. The van der Waals surface area contributed by atoms with Crippen molar-refractivity contribution < 1.29 is 28.7 Å². The zero-order valence-corrected chi connectivity index (χ0v) is 20.1. The molecule has 1 aromatic heterocycles. The predicted octanol–water partition coefficient (Wildman–Crippen LogP) is 2.62. The molecule has 0 unspecified atom stereocenters. The van der Waals surface area contributed by atoms with Crippen LogP contribution < -0.4 is 9.70 Å². The molecule has 1 saturated heterocycles. The van der Waals surface area contributed by atoms with Gasteiger partial charge in [-0.05, 0) is 30.3 Å². The van der Waals surface area contributed by atoms with Gasteiger partial charge in [0, 0.05) is 38.4 Å². The van der Waals surface area contributed by atoms with Crippen LogP contribution in [-0.2, 0) is 20.8 Å². The van der Waals surface area contributed by atoms with Crippen LogP contribution in [0.2, 0.25) is 0 Å². The Morgan fingerprint density at radius 1 is 1.14 bits per heavy atom. The highest BCUT2D eigenvalue weighted by Crippen LogP contribution is 2.30. The van der Waals surface area contributed by atoms with Gasteiger partial charge in [0.2, 0.25) is 0 Å². The molecule has 184 valence electrons. The van der Waals surface area contributed by atoms with Crippen molar-refractivity contribution >= 4 is 44.8 Å². The number of aromatic nitrogens is 1. The number of benzene rings is 2. The van der Waals surface area contributed by atoms with Crippen molar-refractivity contribution in [3.63, 3.8) is 0 Å². The molecule has 0 bridgehead atoms. The highest BCUT2D eigenvalue weighted by atomic mass is 32.1. The van der Waals surface area contributed by atoms with Gasteiger partial charge in [-0.2, -0.15) is 4.99 Å². The summed E-state index contributed by atoms with van der Waals surface area (Å²) in [7, 11) is 2.88. The van der Waals surface area contributed by atoms with Crippen molar-refractivity contribution in [3.8, 4) is 0 Å². The molecular formula is C23H24N4O7S. The Hall–Kier alpha value is -3.61. The number of hydrogen-bond acceptors (Lipinski definition) is 9. The fourth-order valence-electron chi connectivity index (χ4n) is 3.83. The number of rotatable bonds is 7. The van der Waals surface area contributed by atoms with E-state index in [-0.39, 0.29) is 11.3 Å². The number of nitro groups is 1. The standard InChI is InChI=1S/C23H24N4O7S/c1-32-10-9-26-18-6-4-16(22(29)33-2)14-20(18)35-23(26)24-21(28)15-3-5-17(19(13-15)27(30)31)25-7-11-34-12-8-25/h3-6,13-14H,7-12H2,1-2H3. The van der Waals surface area contributed by atoms with Gasteiger partial charge in [-0.25, -0.2) is 4.79 Å². The smallest absolute Gasteiger partial charge is 0.337 e. The van der Waals surface area contributed by atoms with Crippen LogP contribution in [0.15, 0.2) is 41.4 Å². The van der Waals surface area contributed by atoms with Crippen molar-refractivity contribution in [1.82, 2.24) is 4.57 Å². The monoisotopic (exact) mass is 500 g/mol. The van der Waals surface area contributed by atoms with Gasteiger partial charge in [0.05, 0.1) is 47.6 Å². The summed E-state index contributed by atoms with van der Waals surface area (Å²) in [6, 6.07) is 9.48. The third-order valence-electron chi connectivity index (χ3n) is 5.59. The average Bonchev–Trinajstić information content (AvgIpc) is 3.22. The minimum Gasteiger partial charge on any atom is -0.465 e. The Morgan fingerprint density at radius 3 is 2.57 bits per heavy atom. The molecular weight excluding hydrogens is 476 g/mol. The number of anilines is 1. The summed E-state index contributed by atoms with van der Waals surface area (Å²) in [4.78, 5) is 42.8. The molecule has 12 heteroatoms. The predicted molar refractivity (Wildman–Crippen MR) is 129 cm³/mol. The summed E-state index contributed by atoms with van der Waals surface area (Å²) in [5.74, 6) is -1.07. The van der Waals surface area contributed by atoms with Crippen LogP contribution in [0.5, 0.6) is 0 Å². The fraction of sp³-hybridized carbons (Fsp3) is 0.348. The first-order chi connectivity index (χ1) is 16.9. The van der Waals surface area contributed by atoms with E-state index in [1.165, 1.54) is 24.5 Å². The van der Waals surface area contributed by atoms with Crippen molar-refractivity contribution in [1.29, 1.82) is 0 Å². The number of hydrogen-bond donors (Lipinski definition) is 0. The zero-order valence-electron chi connectivity index (χ0n) is 19.3. The number of morpholine rings is 1. The number of nitro benzene ring substituents is 1. The largest absolute Gasteiger partial charge is 0.465 e. The highest BCUT2D eigenvalue weighted by molar-refractivity contribution is 7.16. The Bertz CT molecular complexity index is 1340. The number of carbonyl (C=O) groups excluding carboxylic acids is 2. The molecule has 35 heavy (non-hydrogen) atoms. The molecule has 0 spiro atoms. The lowest BCUT2D eigenvalue weighted by atomic mass is 10.1. The Morgan fingerprint density at radius 2 is 1.89 bits per heavy atom. The average molecular weight is 501 g/mol. The zero-order chi connectivity index (χ0) is 24.9. The van der Waals surface area contributed by atoms with Crippen LogP contribution in [0.4, 0.5) is 11.4 Å². The molecule has 4 rings (SSSR count). The number of nitrogens with zero attached hydrogens (tertiary/aromatic N) is 4. The van der Waals surface area contributed by atoms with E-state index in [9.17, 15) is 19.7 Å². The molecule has 1 fully saturated rings. The van der Waals surface area contributed by atoms with Crippen molar-refractivity contribution in [3.05, 3.63) is 62.4 Å². The van der Waals surface area contributed by atoms with Gasteiger partial charge in [-0.3, -0.25) is 14.9 Å². The SMILES string of the molecule is COCCn1c(=NC(=O)c2ccc(N3CCOCC3)c([N+](=O)[O-])c2)sc2cc(C(=O)OC)ccc21. The maximum Gasteiger partial charge on any atom is 0.337 e. The summed E-state index contributed by atoms with van der Waals surface area (Å²) < 4.78 is 17.9. The molecule has 2 aromatic carbocycles. The van der Waals surface area contributed by atoms with Crippen LogP contribution in [-0.4, -0.2) is 68.5 Å². The van der Waals surface area contributed by atoms with Crippen molar-refractivity contribution in [2.45, 2.75) is 6.54 Å². The number of carbonyl (C=O) groups is 2. The molecule has 0 atom stereocenters. The molecule has 1 aliphatic heterocycles. The maximum atomic E-state index is 13.1. The first-order valence-corrected chi connectivity index (χ1v) is 11.7. The first-order valence-electron chi connectivity index (χ1n) is 10.8. The maximum absolute atomic E-state index is 13.1. The summed E-state index contributed by atoms with van der Waals surface area (Å²) in [6.07, 6.45) is 0. The second kappa shape index (κ2) is 10.8. The summed E-state index contributed by atoms with van der Waals surface area (Å²) >= 11 is 1.23. The van der Waals surface area contributed by atoms with Crippen LogP contribution in [0, 0.1) is 10.1 Å². The van der Waals surface area contributed by atoms with E-state index in [2.05, 4.69) is 4.99 Å². The van der Waals surface area contributed by atoms with Gasteiger partial charge in [0.1, 0.15) is 5.69 Å². The lowest BCUT2D eigenvalue weighted by molar-refractivity contribution is -0.384. The van der Waals surface area contributed by atoms with E-state index in [1.54, 1.807) is 37.4 Å². The van der Waals surface area contributed by atoms with Crippen molar-refractivity contribution in [2.24, 2.45) is 4.99 Å². The van der Waals surface area contributed by atoms with E-state index in [1.807, 2.05) is 9.47 Å². The van der Waals surface area contributed by atoms with Crippen LogP contribution in [0.3, 0.4) is 0 Å². The van der Waals surface area contributed by atoms with E-state index in [0.717, 1.165) is 10.2 Å². The second-order valence-corrected chi connectivity index (χ2v) is 8.69. The quantitative estimate of drug-likeness (QED) is 0.275. The Balaban J connectivity index is 1.75. The van der Waals surface area contributed by atoms with Gasteiger partial charge < -0.3 is 23.7 Å². The summed E-state index contributed by atoms with van der Waals surface area (Å²) in [6.45, 7) is 2.85. The van der Waals surface area contributed by atoms with E-state index in [4.69, 9.17) is 14.2 Å². The van der Waals surface area contributed by atoms with Gasteiger partial charge in [-0.1, -0.05) is 11.3 Å². The van der Waals surface area contributed by atoms with Crippen LogP contribution >= 0.6 is 11.3 Å². The van der Waals surface area contributed by atoms with Gasteiger partial charge >= 0.3 is 5.97 Å². The van der Waals surface area contributed by atoms with E-state index in [0.29, 0.717) is 55.5 Å². The number of esters is 1. The van der Waals surface area contributed by atoms with Crippen LogP contribution in [0.1, 0.15) is 20.7 Å². The number of fused-ring (bicyclic) bond motifs is 1. The molecule has 0 saturated carbocycles. The molecule has 0 radical (unpaired) electrons. The molecule has 1 aliphatic rings. The second-order valence-electron chi connectivity index (χ2n) is 7.68. The molecule has 3 aromatic rings. The van der Waals surface area contributed by atoms with Crippen molar-refractivity contribution in [2.75, 3.05) is 52.0 Å². The third-order valence-corrected chi connectivity index (χ3v) is 6.63.